The van der Waals surface area contributed by atoms with Crippen LogP contribution in [0.25, 0.3) is 0 Å². The maximum atomic E-state index is 12.0. The molecule has 0 aromatic heterocycles. The van der Waals surface area contributed by atoms with Crippen molar-refractivity contribution in [1.82, 2.24) is 4.72 Å². The number of carbonyl (C=O) groups is 2. The van der Waals surface area contributed by atoms with Crippen LogP contribution in [0.1, 0.15) is 10.4 Å². The first-order valence-electron chi connectivity index (χ1n) is 5.67. The van der Waals surface area contributed by atoms with E-state index in [1.54, 1.807) is 0 Å². The Balaban J connectivity index is 2.84. The molecule has 0 fully saturated rings. The summed E-state index contributed by atoms with van der Waals surface area (Å²) in [4.78, 5) is 21.4. The summed E-state index contributed by atoms with van der Waals surface area (Å²) in [7, 11) is -2.70. The fourth-order valence-electron chi connectivity index (χ4n) is 1.44. The lowest BCUT2D eigenvalue weighted by Crippen LogP contribution is -2.29. The number of methoxy groups -OCH3 is 1. The summed E-state index contributed by atoms with van der Waals surface area (Å²) in [5.41, 5.74) is 10.4. The van der Waals surface area contributed by atoms with E-state index in [-0.39, 0.29) is 29.3 Å². The molecule has 1 aromatic carbocycles. The van der Waals surface area contributed by atoms with E-state index in [0.29, 0.717) is 0 Å². The standard InChI is InChI=1S/C11H15N3O6S/c1-19-10(15)7-2-3-9(8(12)6-7)21(17,18)14-4-5-20-11(13)16/h2-3,6,14H,4-5,12H2,1H3,(H2,13,16). The molecule has 0 aliphatic heterocycles. The molecule has 0 spiro atoms. The number of benzene rings is 1. The molecule has 0 aliphatic carbocycles. The predicted molar refractivity (Wildman–Crippen MR) is 72.9 cm³/mol. The topological polar surface area (TPSA) is 151 Å². The number of sulfonamides is 1. The summed E-state index contributed by atoms with van der Waals surface area (Å²) < 4.78 is 35.0. The molecule has 10 heteroatoms. The molecule has 0 heterocycles. The molecular weight excluding hydrogens is 302 g/mol. The van der Waals surface area contributed by atoms with E-state index >= 15 is 0 Å². The van der Waals surface area contributed by atoms with Crippen molar-refractivity contribution in [1.29, 1.82) is 0 Å². The quantitative estimate of drug-likeness (QED) is 0.361. The first-order chi connectivity index (χ1) is 9.77. The zero-order valence-corrected chi connectivity index (χ0v) is 12.0. The number of hydrogen-bond donors (Lipinski definition) is 3. The second-order valence-electron chi connectivity index (χ2n) is 3.81. The molecule has 0 atom stereocenters. The number of carbonyl (C=O) groups excluding carboxylic acids is 2. The van der Waals surface area contributed by atoms with Gasteiger partial charge in [0, 0.05) is 6.54 Å². The second kappa shape index (κ2) is 6.90. The van der Waals surface area contributed by atoms with Crippen LogP contribution < -0.4 is 16.2 Å². The van der Waals surface area contributed by atoms with Gasteiger partial charge in [-0.3, -0.25) is 0 Å². The van der Waals surface area contributed by atoms with Gasteiger partial charge in [0.1, 0.15) is 11.5 Å². The molecule has 21 heavy (non-hydrogen) atoms. The minimum absolute atomic E-state index is 0.110. The van der Waals surface area contributed by atoms with Crippen molar-refractivity contribution in [2.75, 3.05) is 26.0 Å². The van der Waals surface area contributed by atoms with Crippen LogP contribution >= 0.6 is 0 Å². The number of ether oxygens (including phenoxy) is 2. The van der Waals surface area contributed by atoms with E-state index in [1.165, 1.54) is 25.3 Å². The molecule has 0 saturated carbocycles. The highest BCUT2D eigenvalue weighted by atomic mass is 32.2. The molecule has 1 amide bonds. The average molecular weight is 317 g/mol. The van der Waals surface area contributed by atoms with Crippen LogP contribution in [0.5, 0.6) is 0 Å². The second-order valence-corrected chi connectivity index (χ2v) is 5.54. The molecule has 0 unspecified atom stereocenters. The Morgan fingerprint density at radius 1 is 1.33 bits per heavy atom. The van der Waals surface area contributed by atoms with Crippen LogP contribution in [0.3, 0.4) is 0 Å². The highest BCUT2D eigenvalue weighted by Gasteiger charge is 2.18. The molecule has 0 saturated heterocycles. The van der Waals surface area contributed by atoms with Crippen molar-refractivity contribution in [3.8, 4) is 0 Å². The number of nitrogens with two attached hydrogens (primary N) is 2. The van der Waals surface area contributed by atoms with Gasteiger partial charge in [0.05, 0.1) is 18.4 Å². The highest BCUT2D eigenvalue weighted by Crippen LogP contribution is 2.20. The third-order valence-electron chi connectivity index (χ3n) is 2.36. The molecule has 0 aliphatic rings. The Bertz CT molecular complexity index is 643. The average Bonchev–Trinajstić information content (AvgIpc) is 2.42. The Morgan fingerprint density at radius 3 is 2.52 bits per heavy atom. The van der Waals surface area contributed by atoms with E-state index < -0.39 is 22.1 Å². The highest BCUT2D eigenvalue weighted by molar-refractivity contribution is 7.89. The van der Waals surface area contributed by atoms with Crippen LogP contribution in [-0.2, 0) is 19.5 Å². The van der Waals surface area contributed by atoms with Crippen molar-refractivity contribution >= 4 is 27.8 Å². The van der Waals surface area contributed by atoms with E-state index in [0.717, 1.165) is 0 Å². The summed E-state index contributed by atoms with van der Waals surface area (Å²) in [6, 6.07) is 3.65. The first kappa shape index (κ1) is 16.7. The van der Waals surface area contributed by atoms with Crippen LogP contribution in [0, 0.1) is 0 Å². The van der Waals surface area contributed by atoms with Gasteiger partial charge in [-0.1, -0.05) is 0 Å². The van der Waals surface area contributed by atoms with Crippen molar-refractivity contribution in [3.05, 3.63) is 23.8 Å². The van der Waals surface area contributed by atoms with Gasteiger partial charge in [-0.15, -0.1) is 0 Å². The van der Waals surface area contributed by atoms with Crippen LogP contribution in [0.4, 0.5) is 10.5 Å². The van der Waals surface area contributed by atoms with Gasteiger partial charge in [0.15, 0.2) is 0 Å². The van der Waals surface area contributed by atoms with E-state index in [1.807, 2.05) is 0 Å². The zero-order valence-electron chi connectivity index (χ0n) is 11.2. The number of amides is 1. The zero-order chi connectivity index (χ0) is 16.0. The largest absolute Gasteiger partial charge is 0.465 e. The third-order valence-corrected chi connectivity index (χ3v) is 3.89. The lowest BCUT2D eigenvalue weighted by Gasteiger charge is -2.10. The SMILES string of the molecule is COC(=O)c1ccc(S(=O)(=O)NCCOC(N)=O)c(N)c1. The molecule has 1 aromatic rings. The predicted octanol–water partition coefficient (Wildman–Crippen LogP) is -0.571. The van der Waals surface area contributed by atoms with Crippen molar-refractivity contribution in [2.24, 2.45) is 5.73 Å². The summed E-state index contributed by atoms with van der Waals surface area (Å²) in [6.45, 7) is -0.377. The van der Waals surface area contributed by atoms with Gasteiger partial charge in [0.25, 0.3) is 0 Å². The molecule has 0 bridgehead atoms. The Hall–Kier alpha value is -2.33. The van der Waals surface area contributed by atoms with Crippen molar-refractivity contribution in [3.63, 3.8) is 0 Å². The van der Waals surface area contributed by atoms with E-state index in [9.17, 15) is 18.0 Å². The van der Waals surface area contributed by atoms with Gasteiger partial charge in [0.2, 0.25) is 10.0 Å². The van der Waals surface area contributed by atoms with Gasteiger partial charge < -0.3 is 20.9 Å². The third kappa shape index (κ3) is 4.61. The minimum Gasteiger partial charge on any atom is -0.465 e. The lowest BCUT2D eigenvalue weighted by molar-refractivity contribution is 0.0600. The Kier molecular flexibility index (Phi) is 5.50. The molecule has 1 rings (SSSR count). The first-order valence-corrected chi connectivity index (χ1v) is 7.16. The lowest BCUT2D eigenvalue weighted by atomic mass is 10.2. The Morgan fingerprint density at radius 2 is 2.00 bits per heavy atom. The number of primary amides is 1. The number of hydrogen-bond acceptors (Lipinski definition) is 7. The number of esters is 1. The number of anilines is 1. The van der Waals surface area contributed by atoms with Gasteiger partial charge in [-0.05, 0) is 18.2 Å². The van der Waals surface area contributed by atoms with Gasteiger partial charge in [-0.2, -0.15) is 0 Å². The normalized spacial score (nSPS) is 10.9. The summed E-state index contributed by atoms with van der Waals surface area (Å²) in [5, 5.41) is 0. The van der Waals surface area contributed by atoms with Crippen molar-refractivity contribution < 1.29 is 27.5 Å². The number of rotatable bonds is 6. The van der Waals surface area contributed by atoms with Crippen LogP contribution in [-0.4, -0.2) is 40.7 Å². The molecule has 9 nitrogen and oxygen atoms in total. The Labute approximate surface area is 121 Å². The monoisotopic (exact) mass is 317 g/mol. The van der Waals surface area contributed by atoms with Gasteiger partial charge >= 0.3 is 12.1 Å². The molecule has 0 radical (unpaired) electrons. The fourth-order valence-corrected chi connectivity index (χ4v) is 2.57. The maximum absolute atomic E-state index is 12.0. The van der Waals surface area contributed by atoms with Crippen LogP contribution in [0.2, 0.25) is 0 Å². The summed E-state index contributed by atoms with van der Waals surface area (Å²) in [6.07, 6.45) is -1.00. The number of nitrogens with one attached hydrogen (secondary N) is 1. The van der Waals surface area contributed by atoms with Gasteiger partial charge in [-0.25, -0.2) is 22.7 Å². The van der Waals surface area contributed by atoms with E-state index in [2.05, 4.69) is 14.2 Å². The smallest absolute Gasteiger partial charge is 0.404 e. The van der Waals surface area contributed by atoms with E-state index in [4.69, 9.17) is 11.5 Å². The van der Waals surface area contributed by atoms with Crippen LogP contribution in [0.15, 0.2) is 23.1 Å². The number of nitrogen functional groups attached to an aromatic ring is 1. The molecule has 5 N–H and O–H groups in total. The summed E-state index contributed by atoms with van der Waals surface area (Å²) >= 11 is 0. The maximum Gasteiger partial charge on any atom is 0.404 e. The van der Waals surface area contributed by atoms with Crippen molar-refractivity contribution in [2.45, 2.75) is 4.90 Å². The summed E-state index contributed by atoms with van der Waals surface area (Å²) in [5.74, 6) is -0.631. The minimum atomic E-state index is -3.90. The molecular formula is C11H15N3O6S. The molecule has 116 valence electrons. The fraction of sp³-hybridized carbons (Fsp3) is 0.273.